The molecule has 180 valence electrons. The number of fused-ring (bicyclic) bond motifs is 1. The minimum absolute atomic E-state index is 0.0110. The van der Waals surface area contributed by atoms with Crippen LogP contribution in [0.4, 0.5) is 10.5 Å². The van der Waals surface area contributed by atoms with Crippen LogP contribution < -0.4 is 10.5 Å². The van der Waals surface area contributed by atoms with Crippen LogP contribution in [0, 0.1) is 0 Å². The minimum atomic E-state index is -0.870. The zero-order valence-corrected chi connectivity index (χ0v) is 20.3. The van der Waals surface area contributed by atoms with Gasteiger partial charge in [0.05, 0.1) is 16.9 Å². The molecule has 0 bridgehead atoms. The molecule has 3 unspecified atom stereocenters. The van der Waals surface area contributed by atoms with Crippen molar-refractivity contribution in [1.29, 1.82) is 0 Å². The number of carboxylic acid groups (broad SMARTS) is 1. The van der Waals surface area contributed by atoms with Gasteiger partial charge in [-0.05, 0) is 58.2 Å². The normalized spacial score (nSPS) is 22.8. The predicted octanol–water partition coefficient (Wildman–Crippen LogP) is 3.93. The lowest BCUT2D eigenvalue weighted by atomic mass is 10.0. The Kier molecular flexibility index (Phi) is 6.93. The van der Waals surface area contributed by atoms with E-state index < -0.39 is 6.09 Å². The van der Waals surface area contributed by atoms with Gasteiger partial charge >= 0.3 is 6.09 Å². The van der Waals surface area contributed by atoms with E-state index in [1.165, 1.54) is 12.8 Å². The largest absolute Gasteiger partial charge is 0.465 e. The van der Waals surface area contributed by atoms with Gasteiger partial charge in [0.2, 0.25) is 0 Å². The molecule has 2 aromatic rings. The summed E-state index contributed by atoms with van der Waals surface area (Å²) in [5.41, 5.74) is 1.91. The van der Waals surface area contributed by atoms with Gasteiger partial charge < -0.3 is 14.9 Å². The molecule has 0 aliphatic carbocycles. The van der Waals surface area contributed by atoms with Crippen LogP contribution in [0.3, 0.4) is 0 Å². The molecule has 1 amide bonds. The Hall–Kier alpha value is -2.61. The molecule has 8 nitrogen and oxygen atoms in total. The zero-order chi connectivity index (χ0) is 23.7. The second-order valence-electron chi connectivity index (χ2n) is 9.56. The van der Waals surface area contributed by atoms with Crippen molar-refractivity contribution in [3.63, 3.8) is 0 Å². The van der Waals surface area contributed by atoms with E-state index in [4.69, 9.17) is 4.98 Å². The average molecular weight is 456 g/mol. The maximum absolute atomic E-state index is 13.5. The molecule has 1 N–H and O–H groups in total. The van der Waals surface area contributed by atoms with Crippen molar-refractivity contribution in [2.45, 2.75) is 78.0 Å². The van der Waals surface area contributed by atoms with Gasteiger partial charge in [0.15, 0.2) is 0 Å². The van der Waals surface area contributed by atoms with Crippen molar-refractivity contribution >= 4 is 22.7 Å². The van der Waals surface area contributed by atoms with Gasteiger partial charge in [-0.25, -0.2) is 9.78 Å². The van der Waals surface area contributed by atoms with Gasteiger partial charge in [-0.1, -0.05) is 13.3 Å². The minimum Gasteiger partial charge on any atom is -0.465 e. The third-order valence-corrected chi connectivity index (χ3v) is 7.22. The van der Waals surface area contributed by atoms with Crippen LogP contribution >= 0.6 is 0 Å². The first kappa shape index (κ1) is 23.5. The van der Waals surface area contributed by atoms with Crippen molar-refractivity contribution in [2.75, 3.05) is 31.1 Å². The molecule has 4 rings (SSSR count). The van der Waals surface area contributed by atoms with Crippen molar-refractivity contribution in [3.05, 3.63) is 34.4 Å². The van der Waals surface area contributed by atoms with Crippen LogP contribution in [0.2, 0.25) is 0 Å². The number of benzene rings is 1. The molecule has 3 heterocycles. The second kappa shape index (κ2) is 9.71. The highest BCUT2D eigenvalue weighted by Gasteiger charge is 2.37. The summed E-state index contributed by atoms with van der Waals surface area (Å²) in [7, 11) is 0. The summed E-state index contributed by atoms with van der Waals surface area (Å²) >= 11 is 0. The quantitative estimate of drug-likeness (QED) is 0.711. The Bertz CT molecular complexity index is 1050. The second-order valence-corrected chi connectivity index (χ2v) is 9.56. The van der Waals surface area contributed by atoms with Gasteiger partial charge in [0.1, 0.15) is 5.82 Å². The van der Waals surface area contributed by atoms with Crippen molar-refractivity contribution < 1.29 is 9.90 Å². The Morgan fingerprint density at radius 3 is 2.39 bits per heavy atom. The zero-order valence-electron chi connectivity index (χ0n) is 20.3. The molecule has 2 aliphatic rings. The fourth-order valence-electron chi connectivity index (χ4n) is 5.70. The first-order valence-corrected chi connectivity index (χ1v) is 12.4. The van der Waals surface area contributed by atoms with Crippen LogP contribution in [0.25, 0.3) is 10.9 Å². The fraction of sp³-hybridized carbons (Fsp3) is 0.640. The molecule has 0 spiro atoms. The molecule has 3 atom stereocenters. The number of anilines is 1. The number of rotatable bonds is 6. The van der Waals surface area contributed by atoms with E-state index in [2.05, 4.69) is 28.9 Å². The molecule has 1 aromatic heterocycles. The van der Waals surface area contributed by atoms with Gasteiger partial charge in [-0.3, -0.25) is 14.3 Å². The van der Waals surface area contributed by atoms with E-state index in [9.17, 15) is 14.7 Å². The maximum Gasteiger partial charge on any atom is 0.407 e. The molecular weight excluding hydrogens is 418 g/mol. The Morgan fingerprint density at radius 1 is 1.15 bits per heavy atom. The van der Waals surface area contributed by atoms with Crippen molar-refractivity contribution in [3.8, 4) is 0 Å². The number of aromatic nitrogens is 2. The fourth-order valence-corrected chi connectivity index (χ4v) is 5.70. The molecule has 2 saturated heterocycles. The van der Waals surface area contributed by atoms with Crippen molar-refractivity contribution in [2.24, 2.45) is 0 Å². The molecule has 1 aromatic carbocycles. The Morgan fingerprint density at radius 2 is 1.82 bits per heavy atom. The molecule has 0 saturated carbocycles. The summed E-state index contributed by atoms with van der Waals surface area (Å²) < 4.78 is 1.82. The summed E-state index contributed by atoms with van der Waals surface area (Å²) in [4.78, 5) is 36.6. The van der Waals surface area contributed by atoms with Crippen LogP contribution in [-0.4, -0.2) is 68.8 Å². The van der Waals surface area contributed by atoms with Crippen molar-refractivity contribution in [1.82, 2.24) is 19.4 Å². The summed E-state index contributed by atoms with van der Waals surface area (Å²) in [5, 5.41) is 10.3. The third-order valence-electron chi connectivity index (χ3n) is 7.22. The SMILES string of the molecule is CCCC(c1nc2cc(N3CCCC3)ccc2c(=O)n1CC)N1CC(C)N(C(=O)O)C(C)C1. The lowest BCUT2D eigenvalue weighted by Gasteiger charge is -2.45. The smallest absolute Gasteiger partial charge is 0.407 e. The molecule has 2 aliphatic heterocycles. The van der Waals surface area contributed by atoms with Gasteiger partial charge in [-0.15, -0.1) is 0 Å². The molecule has 2 fully saturated rings. The number of nitrogens with zero attached hydrogens (tertiary/aromatic N) is 5. The summed E-state index contributed by atoms with van der Waals surface area (Å²) in [6.45, 7) is 12.0. The van der Waals surface area contributed by atoms with Crippen LogP contribution in [0.15, 0.2) is 23.0 Å². The number of hydrogen-bond acceptors (Lipinski definition) is 5. The highest BCUT2D eigenvalue weighted by atomic mass is 16.4. The summed E-state index contributed by atoms with van der Waals surface area (Å²) in [6.07, 6.45) is 3.36. The highest BCUT2D eigenvalue weighted by Crippen LogP contribution is 2.30. The lowest BCUT2D eigenvalue weighted by molar-refractivity contribution is 0.0171. The van der Waals surface area contributed by atoms with Gasteiger partial charge in [-0.2, -0.15) is 0 Å². The van der Waals surface area contributed by atoms with E-state index in [1.54, 1.807) is 4.90 Å². The highest BCUT2D eigenvalue weighted by molar-refractivity contribution is 5.82. The Labute approximate surface area is 195 Å². The molecule has 0 radical (unpaired) electrons. The first-order valence-electron chi connectivity index (χ1n) is 12.4. The van der Waals surface area contributed by atoms with Gasteiger partial charge in [0, 0.05) is 50.5 Å². The number of amides is 1. The Balaban J connectivity index is 1.77. The predicted molar refractivity (Wildman–Crippen MR) is 131 cm³/mol. The van der Waals surface area contributed by atoms with E-state index in [0.29, 0.717) is 25.0 Å². The van der Waals surface area contributed by atoms with E-state index in [0.717, 1.165) is 43.0 Å². The number of carbonyl (C=O) groups is 1. The molecular formula is C25H37N5O3. The maximum atomic E-state index is 13.5. The van der Waals surface area contributed by atoms with E-state index in [1.807, 2.05) is 31.4 Å². The number of piperazine rings is 1. The third kappa shape index (κ3) is 4.45. The lowest BCUT2D eigenvalue weighted by Crippen LogP contribution is -2.59. The standard InChI is InChI=1S/C25H37N5O3/c1-5-9-22(28-15-17(3)30(25(32)33)18(4)16-28)23-26-21-14-19(27-12-7-8-13-27)10-11-20(21)24(31)29(23)6-2/h10-11,14,17-18,22H,5-9,12-13,15-16H2,1-4H3,(H,32,33). The van der Waals surface area contributed by atoms with Gasteiger partial charge in [0.25, 0.3) is 5.56 Å². The first-order chi connectivity index (χ1) is 15.8. The molecule has 33 heavy (non-hydrogen) atoms. The van der Waals surface area contributed by atoms with Crippen LogP contribution in [-0.2, 0) is 6.54 Å². The van der Waals surface area contributed by atoms with E-state index in [-0.39, 0.29) is 23.7 Å². The van der Waals surface area contributed by atoms with E-state index >= 15 is 0 Å². The topological polar surface area (TPSA) is 81.9 Å². The average Bonchev–Trinajstić information content (AvgIpc) is 3.31. The summed E-state index contributed by atoms with van der Waals surface area (Å²) in [6, 6.07) is 5.79. The number of hydrogen-bond donors (Lipinski definition) is 1. The van der Waals surface area contributed by atoms with Crippen LogP contribution in [0.1, 0.15) is 65.2 Å². The summed E-state index contributed by atoms with van der Waals surface area (Å²) in [5.74, 6) is 0.804. The molecule has 8 heteroatoms. The monoisotopic (exact) mass is 455 g/mol. The van der Waals surface area contributed by atoms with Crippen LogP contribution in [0.5, 0.6) is 0 Å².